The van der Waals surface area contributed by atoms with Gasteiger partial charge in [-0.1, -0.05) is 6.07 Å². The Bertz CT molecular complexity index is 544. The fourth-order valence-electron chi connectivity index (χ4n) is 1.77. The Balaban J connectivity index is 2.27. The molecule has 0 aliphatic rings. The summed E-state index contributed by atoms with van der Waals surface area (Å²) in [4.78, 5) is 11.6. The molecule has 1 unspecified atom stereocenters. The van der Waals surface area contributed by atoms with Gasteiger partial charge >= 0.3 is 0 Å². The Morgan fingerprint density at radius 1 is 1.59 bits per heavy atom. The van der Waals surface area contributed by atoms with Crippen molar-refractivity contribution in [2.75, 3.05) is 5.32 Å². The average Bonchev–Trinajstić information content (AvgIpc) is 2.70. The third kappa shape index (κ3) is 2.45. The predicted molar refractivity (Wildman–Crippen MR) is 67.7 cm³/mol. The summed E-state index contributed by atoms with van der Waals surface area (Å²) in [7, 11) is 0. The second-order valence-corrected chi connectivity index (χ2v) is 4.32. The molecule has 0 aliphatic heterocycles. The molecule has 2 aromatic rings. The summed E-state index contributed by atoms with van der Waals surface area (Å²) in [5.74, 6) is -0.0836. The highest BCUT2D eigenvalue weighted by Gasteiger charge is 2.10. The van der Waals surface area contributed by atoms with Crippen LogP contribution in [0.15, 0.2) is 18.3 Å². The van der Waals surface area contributed by atoms with Crippen LogP contribution in [0.25, 0.3) is 10.9 Å². The number of amides is 1. The van der Waals surface area contributed by atoms with Crippen molar-refractivity contribution in [2.24, 2.45) is 5.73 Å². The van der Waals surface area contributed by atoms with Crippen molar-refractivity contribution in [1.82, 2.24) is 10.2 Å². The molecule has 2 rings (SSSR count). The van der Waals surface area contributed by atoms with Crippen LogP contribution in [-0.2, 0) is 4.79 Å². The maximum atomic E-state index is 11.6. The molecular weight excluding hydrogens is 216 g/mol. The third-order valence-corrected chi connectivity index (χ3v) is 2.61. The minimum atomic E-state index is -0.141. The molecule has 0 saturated carbocycles. The lowest BCUT2D eigenvalue weighted by Crippen LogP contribution is -2.24. The smallest absolute Gasteiger partial charge is 0.225 e. The van der Waals surface area contributed by atoms with Crippen LogP contribution in [-0.4, -0.2) is 22.1 Å². The number of nitrogens with one attached hydrogen (secondary N) is 2. The predicted octanol–water partition coefficient (Wildman–Crippen LogP) is 1.55. The van der Waals surface area contributed by atoms with Gasteiger partial charge in [-0.2, -0.15) is 5.10 Å². The largest absolute Gasteiger partial charge is 0.327 e. The third-order valence-electron chi connectivity index (χ3n) is 2.61. The van der Waals surface area contributed by atoms with Crippen LogP contribution >= 0.6 is 0 Å². The summed E-state index contributed by atoms with van der Waals surface area (Å²) in [6.45, 7) is 3.81. The highest BCUT2D eigenvalue weighted by atomic mass is 16.1. The zero-order valence-corrected chi connectivity index (χ0v) is 9.95. The molecule has 4 N–H and O–H groups in total. The highest BCUT2D eigenvalue weighted by Crippen LogP contribution is 2.24. The number of H-pyrrole nitrogens is 1. The number of carbonyl (C=O) groups excluding carboxylic acids is 1. The Morgan fingerprint density at radius 3 is 3.06 bits per heavy atom. The maximum Gasteiger partial charge on any atom is 0.225 e. The molecule has 0 saturated heterocycles. The second kappa shape index (κ2) is 4.55. The number of hydrogen-bond donors (Lipinski definition) is 3. The first-order valence-electron chi connectivity index (χ1n) is 5.56. The summed E-state index contributed by atoms with van der Waals surface area (Å²) in [6.07, 6.45) is 2.06. The van der Waals surface area contributed by atoms with Crippen molar-refractivity contribution >= 4 is 22.5 Å². The lowest BCUT2D eigenvalue weighted by molar-refractivity contribution is -0.116. The topological polar surface area (TPSA) is 83.8 Å². The van der Waals surface area contributed by atoms with Crippen LogP contribution in [0.5, 0.6) is 0 Å². The number of aromatic nitrogens is 2. The van der Waals surface area contributed by atoms with E-state index in [0.717, 1.165) is 22.2 Å². The van der Waals surface area contributed by atoms with Gasteiger partial charge in [0.1, 0.15) is 0 Å². The van der Waals surface area contributed by atoms with Crippen LogP contribution < -0.4 is 11.1 Å². The van der Waals surface area contributed by atoms with E-state index in [9.17, 15) is 4.79 Å². The monoisotopic (exact) mass is 232 g/mol. The number of anilines is 1. The van der Waals surface area contributed by atoms with Gasteiger partial charge in [0, 0.05) is 17.8 Å². The van der Waals surface area contributed by atoms with Gasteiger partial charge in [0.15, 0.2) is 0 Å². The number of aromatic amines is 1. The first-order chi connectivity index (χ1) is 8.08. The molecule has 1 aromatic heterocycles. The zero-order chi connectivity index (χ0) is 12.4. The Hall–Kier alpha value is -1.88. The maximum absolute atomic E-state index is 11.6. The van der Waals surface area contributed by atoms with Gasteiger partial charge in [-0.25, -0.2) is 0 Å². The van der Waals surface area contributed by atoms with E-state index in [1.165, 1.54) is 0 Å². The second-order valence-electron chi connectivity index (χ2n) is 4.32. The molecule has 17 heavy (non-hydrogen) atoms. The quantitative estimate of drug-likeness (QED) is 0.750. The number of rotatable bonds is 3. The van der Waals surface area contributed by atoms with Crippen molar-refractivity contribution in [2.45, 2.75) is 26.3 Å². The van der Waals surface area contributed by atoms with Gasteiger partial charge in [0.2, 0.25) is 5.91 Å². The Morgan fingerprint density at radius 2 is 2.35 bits per heavy atom. The molecule has 5 nitrogen and oxygen atoms in total. The number of hydrogen-bond acceptors (Lipinski definition) is 3. The van der Waals surface area contributed by atoms with Crippen LogP contribution in [0.3, 0.4) is 0 Å². The number of benzene rings is 1. The van der Waals surface area contributed by atoms with Crippen molar-refractivity contribution < 1.29 is 4.79 Å². The molecule has 1 heterocycles. The molecule has 1 atom stereocenters. The lowest BCUT2D eigenvalue weighted by atomic mass is 10.1. The summed E-state index contributed by atoms with van der Waals surface area (Å²) < 4.78 is 0. The lowest BCUT2D eigenvalue weighted by Gasteiger charge is -2.08. The van der Waals surface area contributed by atoms with E-state index >= 15 is 0 Å². The molecule has 1 amide bonds. The molecule has 5 heteroatoms. The first kappa shape index (κ1) is 11.6. The van der Waals surface area contributed by atoms with Gasteiger partial charge in [0.05, 0.1) is 17.4 Å². The normalized spacial score (nSPS) is 12.6. The van der Waals surface area contributed by atoms with E-state index in [2.05, 4.69) is 15.5 Å². The molecule has 0 spiro atoms. The number of nitrogens with two attached hydrogens (primary N) is 1. The van der Waals surface area contributed by atoms with Crippen LogP contribution in [0.4, 0.5) is 5.69 Å². The van der Waals surface area contributed by atoms with Gasteiger partial charge in [-0.15, -0.1) is 0 Å². The fraction of sp³-hybridized carbons (Fsp3) is 0.333. The van der Waals surface area contributed by atoms with Gasteiger partial charge < -0.3 is 11.1 Å². The SMILES string of the molecule is Cc1ccc(NC(=O)CC(C)N)c2[nH]ncc12. The number of fused-ring (bicyclic) bond motifs is 1. The van der Waals surface area contributed by atoms with Crippen molar-refractivity contribution in [3.05, 3.63) is 23.9 Å². The van der Waals surface area contributed by atoms with E-state index in [1.54, 1.807) is 13.1 Å². The van der Waals surface area contributed by atoms with E-state index in [-0.39, 0.29) is 11.9 Å². The minimum absolute atomic E-state index is 0.0836. The van der Waals surface area contributed by atoms with E-state index in [0.29, 0.717) is 6.42 Å². The number of carbonyl (C=O) groups is 1. The number of nitrogens with zero attached hydrogens (tertiary/aromatic N) is 1. The van der Waals surface area contributed by atoms with E-state index in [4.69, 9.17) is 5.73 Å². The molecule has 0 aliphatic carbocycles. The van der Waals surface area contributed by atoms with Gasteiger partial charge in [-0.05, 0) is 25.5 Å². The summed E-state index contributed by atoms with van der Waals surface area (Å²) in [6, 6.07) is 3.69. The molecule has 90 valence electrons. The highest BCUT2D eigenvalue weighted by molar-refractivity contribution is 6.01. The molecular formula is C12H16N4O. The van der Waals surface area contributed by atoms with Crippen molar-refractivity contribution in [3.8, 4) is 0 Å². The number of aryl methyl sites for hydroxylation is 1. The van der Waals surface area contributed by atoms with Crippen LogP contribution in [0.2, 0.25) is 0 Å². The fourth-order valence-corrected chi connectivity index (χ4v) is 1.77. The van der Waals surface area contributed by atoms with Crippen molar-refractivity contribution in [3.63, 3.8) is 0 Å². The van der Waals surface area contributed by atoms with Crippen molar-refractivity contribution in [1.29, 1.82) is 0 Å². The van der Waals surface area contributed by atoms with E-state index < -0.39 is 0 Å². The first-order valence-corrected chi connectivity index (χ1v) is 5.56. The van der Waals surface area contributed by atoms with Gasteiger partial charge in [0.25, 0.3) is 0 Å². The van der Waals surface area contributed by atoms with Crippen LogP contribution in [0.1, 0.15) is 18.9 Å². The van der Waals surface area contributed by atoms with E-state index in [1.807, 2.05) is 19.1 Å². The standard InChI is InChI=1S/C12H16N4O/c1-7-3-4-10(12-9(7)6-14-16-12)15-11(17)5-8(2)13/h3-4,6,8H,5,13H2,1-2H3,(H,14,16)(H,15,17). The summed E-state index contributed by atoms with van der Waals surface area (Å²) >= 11 is 0. The Labute approximate surface area is 99.4 Å². The minimum Gasteiger partial charge on any atom is -0.327 e. The molecule has 0 bridgehead atoms. The zero-order valence-electron chi connectivity index (χ0n) is 9.95. The summed E-state index contributed by atoms with van der Waals surface area (Å²) in [5.41, 5.74) is 8.30. The Kier molecular flexibility index (Phi) is 3.10. The molecule has 1 aromatic carbocycles. The molecule has 0 fully saturated rings. The van der Waals surface area contributed by atoms with Gasteiger partial charge in [-0.3, -0.25) is 9.89 Å². The molecule has 0 radical (unpaired) electrons. The van der Waals surface area contributed by atoms with Crippen LogP contribution in [0, 0.1) is 6.92 Å². The average molecular weight is 232 g/mol. The summed E-state index contributed by atoms with van der Waals surface area (Å²) in [5, 5.41) is 10.7.